The molecule has 0 saturated heterocycles. The third-order valence-electron chi connectivity index (χ3n) is 2.85. The van der Waals surface area contributed by atoms with Crippen LogP contribution in [0.2, 0.25) is 0 Å². The largest absolute Gasteiger partial charge is 0.465 e. The van der Waals surface area contributed by atoms with E-state index in [1.807, 2.05) is 6.92 Å². The lowest BCUT2D eigenvalue weighted by Gasteiger charge is -2.09. The second kappa shape index (κ2) is 4.82. The van der Waals surface area contributed by atoms with Crippen LogP contribution >= 0.6 is 11.3 Å². The lowest BCUT2D eigenvalue weighted by Crippen LogP contribution is -2.13. The van der Waals surface area contributed by atoms with Crippen LogP contribution in [0.3, 0.4) is 0 Å². The Morgan fingerprint density at radius 3 is 2.81 bits per heavy atom. The van der Waals surface area contributed by atoms with Gasteiger partial charge < -0.3 is 10.1 Å². The summed E-state index contributed by atoms with van der Waals surface area (Å²) in [6.45, 7) is 1.84. The van der Waals surface area contributed by atoms with Gasteiger partial charge in [0.2, 0.25) is 0 Å². The fourth-order valence-electron chi connectivity index (χ4n) is 1.99. The maximum atomic E-state index is 11.4. The van der Waals surface area contributed by atoms with Crippen LogP contribution in [0.4, 0.5) is 5.13 Å². The van der Waals surface area contributed by atoms with Crippen molar-refractivity contribution in [3.8, 4) is 0 Å². The van der Waals surface area contributed by atoms with Gasteiger partial charge in [0.1, 0.15) is 4.88 Å². The number of nitrogens with zero attached hydrogens (tertiary/aromatic N) is 1. The van der Waals surface area contributed by atoms with Crippen LogP contribution in [0.1, 0.15) is 41.0 Å². The van der Waals surface area contributed by atoms with E-state index in [2.05, 4.69) is 10.3 Å². The molecule has 0 radical (unpaired) electrons. The Morgan fingerprint density at radius 1 is 1.50 bits per heavy atom. The summed E-state index contributed by atoms with van der Waals surface area (Å²) in [5.41, 5.74) is 0.748. The zero-order valence-corrected chi connectivity index (χ0v) is 10.4. The van der Waals surface area contributed by atoms with Crippen LogP contribution in [-0.4, -0.2) is 24.1 Å². The Hall–Kier alpha value is -1.10. The molecule has 0 aliphatic heterocycles. The van der Waals surface area contributed by atoms with Crippen LogP contribution in [0, 0.1) is 6.92 Å². The van der Waals surface area contributed by atoms with E-state index in [1.165, 1.54) is 44.1 Å². The van der Waals surface area contributed by atoms with Crippen LogP contribution in [0.5, 0.6) is 0 Å². The number of carbonyl (C=O) groups excluding carboxylic acids is 1. The quantitative estimate of drug-likeness (QED) is 0.825. The number of esters is 1. The van der Waals surface area contributed by atoms with Gasteiger partial charge in [0.05, 0.1) is 12.8 Å². The Bertz CT molecular complexity index is 383. The minimum atomic E-state index is -0.297. The summed E-state index contributed by atoms with van der Waals surface area (Å²) >= 11 is 1.38. The lowest BCUT2D eigenvalue weighted by molar-refractivity contribution is 0.0605. The highest BCUT2D eigenvalue weighted by Crippen LogP contribution is 2.27. The van der Waals surface area contributed by atoms with Gasteiger partial charge in [0.15, 0.2) is 5.13 Å². The smallest absolute Gasteiger partial charge is 0.350 e. The summed E-state index contributed by atoms with van der Waals surface area (Å²) in [4.78, 5) is 16.4. The van der Waals surface area contributed by atoms with Gasteiger partial charge in [-0.2, -0.15) is 0 Å². The molecule has 0 bridgehead atoms. The number of nitrogens with one attached hydrogen (secondary N) is 1. The highest BCUT2D eigenvalue weighted by molar-refractivity contribution is 7.17. The second-order valence-corrected chi connectivity index (χ2v) is 5.05. The van der Waals surface area contributed by atoms with Crippen molar-refractivity contribution in [2.45, 2.75) is 38.6 Å². The average Bonchev–Trinajstić information content (AvgIpc) is 2.88. The highest BCUT2D eigenvalue weighted by atomic mass is 32.1. The number of aromatic nitrogens is 1. The molecule has 1 heterocycles. The molecule has 1 fully saturated rings. The van der Waals surface area contributed by atoms with Crippen molar-refractivity contribution in [2.75, 3.05) is 12.4 Å². The van der Waals surface area contributed by atoms with Gasteiger partial charge in [0, 0.05) is 6.04 Å². The number of methoxy groups -OCH3 is 1. The van der Waals surface area contributed by atoms with Crippen LogP contribution in [-0.2, 0) is 4.74 Å². The predicted octanol–water partition coefficient (Wildman–Crippen LogP) is 2.59. The Labute approximate surface area is 99.0 Å². The highest BCUT2D eigenvalue weighted by Gasteiger charge is 2.19. The van der Waals surface area contributed by atoms with Gasteiger partial charge in [-0.3, -0.25) is 0 Å². The number of aryl methyl sites for hydroxylation is 1. The van der Waals surface area contributed by atoms with Crippen molar-refractivity contribution in [2.24, 2.45) is 0 Å². The van der Waals surface area contributed by atoms with Gasteiger partial charge in [-0.15, -0.1) is 0 Å². The monoisotopic (exact) mass is 240 g/mol. The van der Waals surface area contributed by atoms with Crippen molar-refractivity contribution in [1.29, 1.82) is 0 Å². The Morgan fingerprint density at radius 2 is 2.19 bits per heavy atom. The molecule has 4 nitrogen and oxygen atoms in total. The van der Waals surface area contributed by atoms with E-state index in [0.29, 0.717) is 10.9 Å². The fourth-order valence-corrected chi connectivity index (χ4v) is 2.95. The lowest BCUT2D eigenvalue weighted by atomic mass is 10.3. The zero-order chi connectivity index (χ0) is 11.5. The Balaban J connectivity index is 2.07. The predicted molar refractivity (Wildman–Crippen MR) is 64.1 cm³/mol. The zero-order valence-electron chi connectivity index (χ0n) is 9.58. The normalized spacial score (nSPS) is 16.4. The molecule has 1 aliphatic carbocycles. The summed E-state index contributed by atoms with van der Waals surface area (Å²) in [5, 5.41) is 4.22. The molecule has 5 heteroatoms. The molecule has 0 unspecified atom stereocenters. The van der Waals surface area contributed by atoms with Crippen molar-refractivity contribution < 1.29 is 9.53 Å². The summed E-state index contributed by atoms with van der Waals surface area (Å²) in [6, 6.07) is 0.524. The molecule has 0 atom stereocenters. The minimum Gasteiger partial charge on any atom is -0.465 e. The van der Waals surface area contributed by atoms with Gasteiger partial charge in [-0.05, 0) is 19.8 Å². The number of carbonyl (C=O) groups is 1. The molecule has 0 aromatic carbocycles. The summed E-state index contributed by atoms with van der Waals surface area (Å²) in [6.07, 6.45) is 4.97. The number of thiazole rings is 1. The van der Waals surface area contributed by atoms with Crippen LogP contribution in [0.25, 0.3) is 0 Å². The fraction of sp³-hybridized carbons (Fsp3) is 0.636. The standard InChI is InChI=1S/C11H16N2O2S/c1-7-9(10(14)15-2)16-11(12-7)13-8-5-3-4-6-8/h8H,3-6H2,1-2H3,(H,12,13). The van der Waals surface area contributed by atoms with Gasteiger partial charge >= 0.3 is 5.97 Å². The molecule has 0 spiro atoms. The van der Waals surface area contributed by atoms with E-state index in [4.69, 9.17) is 4.74 Å². The SMILES string of the molecule is COC(=O)c1sc(NC2CCCC2)nc1C. The molecule has 1 aliphatic rings. The van der Waals surface area contributed by atoms with Gasteiger partial charge in [0.25, 0.3) is 0 Å². The molecule has 88 valence electrons. The molecule has 0 amide bonds. The van der Waals surface area contributed by atoms with E-state index in [1.54, 1.807) is 0 Å². The second-order valence-electron chi connectivity index (χ2n) is 4.05. The minimum absolute atomic E-state index is 0.297. The van der Waals surface area contributed by atoms with E-state index in [9.17, 15) is 4.79 Å². The first-order chi connectivity index (χ1) is 7.70. The molecular weight excluding hydrogens is 224 g/mol. The molecule has 1 aromatic heterocycles. The molecule has 1 saturated carbocycles. The van der Waals surface area contributed by atoms with Gasteiger partial charge in [-0.1, -0.05) is 24.2 Å². The number of hydrogen-bond donors (Lipinski definition) is 1. The topological polar surface area (TPSA) is 51.2 Å². The summed E-state index contributed by atoms with van der Waals surface area (Å²) < 4.78 is 4.70. The third kappa shape index (κ3) is 2.35. The van der Waals surface area contributed by atoms with Gasteiger partial charge in [-0.25, -0.2) is 9.78 Å². The Kier molecular flexibility index (Phi) is 3.43. The maximum Gasteiger partial charge on any atom is 0.350 e. The van der Waals surface area contributed by atoms with E-state index in [0.717, 1.165) is 10.8 Å². The van der Waals surface area contributed by atoms with E-state index >= 15 is 0 Å². The summed E-state index contributed by atoms with van der Waals surface area (Å²) in [5.74, 6) is -0.297. The van der Waals surface area contributed by atoms with Crippen molar-refractivity contribution >= 4 is 22.4 Å². The molecule has 1 aromatic rings. The van der Waals surface area contributed by atoms with Crippen LogP contribution in [0.15, 0.2) is 0 Å². The average molecular weight is 240 g/mol. The number of hydrogen-bond acceptors (Lipinski definition) is 5. The number of rotatable bonds is 3. The first kappa shape index (κ1) is 11.4. The molecule has 2 rings (SSSR count). The number of ether oxygens (including phenoxy) is 1. The van der Waals surface area contributed by atoms with Crippen molar-refractivity contribution in [3.05, 3.63) is 10.6 Å². The van der Waals surface area contributed by atoms with E-state index in [-0.39, 0.29) is 5.97 Å². The van der Waals surface area contributed by atoms with Crippen molar-refractivity contribution in [3.63, 3.8) is 0 Å². The van der Waals surface area contributed by atoms with E-state index < -0.39 is 0 Å². The van der Waals surface area contributed by atoms with Crippen molar-refractivity contribution in [1.82, 2.24) is 4.98 Å². The first-order valence-corrected chi connectivity index (χ1v) is 6.34. The molecule has 1 N–H and O–H groups in total. The number of anilines is 1. The third-order valence-corrected chi connectivity index (χ3v) is 3.92. The first-order valence-electron chi connectivity index (χ1n) is 5.53. The van der Waals surface area contributed by atoms with Crippen LogP contribution < -0.4 is 5.32 Å². The molecular formula is C11H16N2O2S. The molecule has 16 heavy (non-hydrogen) atoms. The maximum absolute atomic E-state index is 11.4. The summed E-state index contributed by atoms with van der Waals surface area (Å²) in [7, 11) is 1.39.